The van der Waals surface area contributed by atoms with Crippen LogP contribution in [0.5, 0.6) is 5.75 Å². The van der Waals surface area contributed by atoms with Crippen molar-refractivity contribution in [1.29, 1.82) is 0 Å². The molecule has 0 unspecified atom stereocenters. The Kier molecular flexibility index (Phi) is 7.85. The Bertz CT molecular complexity index is 789. The van der Waals surface area contributed by atoms with Gasteiger partial charge in [-0.15, -0.1) is 0 Å². The van der Waals surface area contributed by atoms with Crippen LogP contribution in [0, 0.1) is 5.92 Å². The molecule has 0 saturated heterocycles. The highest BCUT2D eigenvalue weighted by molar-refractivity contribution is 9.10. The second-order valence-electron chi connectivity index (χ2n) is 6.67. The lowest BCUT2D eigenvalue weighted by molar-refractivity contribution is -0.116. The van der Waals surface area contributed by atoms with Crippen LogP contribution >= 0.6 is 15.9 Å². The van der Waals surface area contributed by atoms with Gasteiger partial charge in [0.05, 0.1) is 11.1 Å². The monoisotopic (exact) mass is 432 g/mol. The van der Waals surface area contributed by atoms with Crippen LogP contribution in [0.4, 0.5) is 11.4 Å². The van der Waals surface area contributed by atoms with E-state index in [0.717, 1.165) is 16.6 Å². The Morgan fingerprint density at radius 1 is 1.04 bits per heavy atom. The molecular weight excluding hydrogens is 408 g/mol. The second kappa shape index (κ2) is 10.1. The van der Waals surface area contributed by atoms with Crippen molar-refractivity contribution in [3.63, 3.8) is 0 Å². The molecule has 0 heterocycles. The van der Waals surface area contributed by atoms with Crippen molar-refractivity contribution >= 4 is 39.1 Å². The Labute approximate surface area is 168 Å². The summed E-state index contributed by atoms with van der Waals surface area (Å²) in [5, 5.41) is 5.69. The molecule has 2 amide bonds. The summed E-state index contributed by atoms with van der Waals surface area (Å²) in [4.78, 5) is 24.2. The molecule has 2 N–H and O–H groups in total. The lowest BCUT2D eigenvalue weighted by Crippen LogP contribution is -2.14. The quantitative estimate of drug-likeness (QED) is 0.580. The highest BCUT2D eigenvalue weighted by Gasteiger charge is 2.10. The molecule has 0 bridgehead atoms. The van der Waals surface area contributed by atoms with Crippen molar-refractivity contribution in [1.82, 2.24) is 0 Å². The van der Waals surface area contributed by atoms with Gasteiger partial charge in [0, 0.05) is 23.4 Å². The summed E-state index contributed by atoms with van der Waals surface area (Å²) in [6, 6.07) is 12.3. The van der Waals surface area contributed by atoms with Gasteiger partial charge in [0.15, 0.2) is 0 Å². The van der Waals surface area contributed by atoms with E-state index in [0.29, 0.717) is 35.9 Å². The third-order valence-electron chi connectivity index (χ3n) is 3.68. The summed E-state index contributed by atoms with van der Waals surface area (Å²) in [6.45, 7) is 6.67. The summed E-state index contributed by atoms with van der Waals surface area (Å²) in [6.07, 6.45) is 1.40. The number of carbonyl (C=O) groups is 2. The Hall–Kier alpha value is -2.34. The van der Waals surface area contributed by atoms with Gasteiger partial charge in [0.1, 0.15) is 5.75 Å². The number of benzene rings is 2. The SMILES string of the molecule is CCCOc1ccc(C(=O)Nc2ccc(NC(=O)CC(C)C)cc2)cc1Br. The molecule has 27 heavy (non-hydrogen) atoms. The van der Waals surface area contributed by atoms with Crippen LogP contribution in [-0.4, -0.2) is 18.4 Å². The van der Waals surface area contributed by atoms with Crippen LogP contribution in [-0.2, 0) is 4.79 Å². The highest BCUT2D eigenvalue weighted by atomic mass is 79.9. The zero-order valence-corrected chi connectivity index (χ0v) is 17.4. The second-order valence-corrected chi connectivity index (χ2v) is 7.53. The number of amides is 2. The first-order valence-corrected chi connectivity index (χ1v) is 9.82. The van der Waals surface area contributed by atoms with E-state index in [-0.39, 0.29) is 11.8 Å². The fourth-order valence-corrected chi connectivity index (χ4v) is 2.89. The van der Waals surface area contributed by atoms with Crippen molar-refractivity contribution in [2.75, 3.05) is 17.2 Å². The van der Waals surface area contributed by atoms with Gasteiger partial charge in [-0.2, -0.15) is 0 Å². The maximum atomic E-state index is 12.4. The molecule has 2 aromatic rings. The first-order valence-electron chi connectivity index (χ1n) is 9.02. The topological polar surface area (TPSA) is 67.4 Å². The van der Waals surface area contributed by atoms with E-state index in [1.165, 1.54) is 0 Å². The molecule has 0 radical (unpaired) electrons. The minimum Gasteiger partial charge on any atom is -0.492 e. The maximum Gasteiger partial charge on any atom is 0.255 e. The number of hydrogen-bond donors (Lipinski definition) is 2. The predicted molar refractivity (Wildman–Crippen MR) is 112 cm³/mol. The van der Waals surface area contributed by atoms with Gasteiger partial charge in [-0.3, -0.25) is 9.59 Å². The number of ether oxygens (including phenoxy) is 1. The van der Waals surface area contributed by atoms with Gasteiger partial charge in [0.2, 0.25) is 5.91 Å². The predicted octanol–water partition coefficient (Wildman–Crippen LogP) is 5.47. The summed E-state index contributed by atoms with van der Waals surface area (Å²) in [5.74, 6) is 0.794. The zero-order valence-electron chi connectivity index (χ0n) is 15.8. The van der Waals surface area contributed by atoms with Gasteiger partial charge in [0.25, 0.3) is 5.91 Å². The van der Waals surface area contributed by atoms with E-state index >= 15 is 0 Å². The molecule has 2 aromatic carbocycles. The number of nitrogens with one attached hydrogen (secondary N) is 2. The van der Waals surface area contributed by atoms with Gasteiger partial charge < -0.3 is 15.4 Å². The van der Waals surface area contributed by atoms with Crippen molar-refractivity contribution < 1.29 is 14.3 Å². The molecule has 144 valence electrons. The normalized spacial score (nSPS) is 10.6. The Morgan fingerprint density at radius 3 is 2.22 bits per heavy atom. The smallest absolute Gasteiger partial charge is 0.255 e. The first-order chi connectivity index (χ1) is 12.9. The maximum absolute atomic E-state index is 12.4. The fraction of sp³-hybridized carbons (Fsp3) is 0.333. The zero-order chi connectivity index (χ0) is 19.8. The molecule has 0 aliphatic carbocycles. The number of anilines is 2. The van der Waals surface area contributed by atoms with E-state index in [4.69, 9.17) is 4.74 Å². The third kappa shape index (κ3) is 6.71. The van der Waals surface area contributed by atoms with Crippen molar-refractivity contribution in [2.45, 2.75) is 33.6 Å². The number of halogens is 1. The van der Waals surface area contributed by atoms with E-state index < -0.39 is 0 Å². The molecule has 0 aliphatic rings. The molecule has 6 heteroatoms. The van der Waals surface area contributed by atoms with Gasteiger partial charge >= 0.3 is 0 Å². The largest absolute Gasteiger partial charge is 0.492 e. The molecule has 0 aromatic heterocycles. The minimum atomic E-state index is -0.214. The number of carbonyl (C=O) groups excluding carboxylic acids is 2. The molecule has 0 atom stereocenters. The number of rotatable bonds is 8. The summed E-state index contributed by atoms with van der Waals surface area (Å²) < 4.78 is 6.34. The van der Waals surface area contributed by atoms with Crippen molar-refractivity contribution in [3.05, 3.63) is 52.5 Å². The Morgan fingerprint density at radius 2 is 1.67 bits per heavy atom. The van der Waals surface area contributed by atoms with Crippen LogP contribution in [0.15, 0.2) is 46.9 Å². The lowest BCUT2D eigenvalue weighted by Gasteiger charge is -2.10. The van der Waals surface area contributed by atoms with E-state index in [9.17, 15) is 9.59 Å². The average molecular weight is 433 g/mol. The lowest BCUT2D eigenvalue weighted by atomic mass is 10.1. The van der Waals surface area contributed by atoms with Crippen LogP contribution in [0.2, 0.25) is 0 Å². The standard InChI is InChI=1S/C21H25BrN2O3/c1-4-11-27-19-10-5-15(13-18(19)22)21(26)24-17-8-6-16(7-9-17)23-20(25)12-14(2)3/h5-10,13-14H,4,11-12H2,1-3H3,(H,23,25)(H,24,26). The molecule has 0 aliphatic heterocycles. The van der Waals surface area contributed by atoms with Crippen LogP contribution in [0.3, 0.4) is 0 Å². The minimum absolute atomic E-state index is 0.0167. The average Bonchev–Trinajstić information content (AvgIpc) is 2.61. The van der Waals surface area contributed by atoms with E-state index in [1.807, 2.05) is 20.8 Å². The van der Waals surface area contributed by atoms with Gasteiger partial charge in [-0.1, -0.05) is 20.8 Å². The fourth-order valence-electron chi connectivity index (χ4n) is 2.39. The van der Waals surface area contributed by atoms with Gasteiger partial charge in [-0.25, -0.2) is 0 Å². The van der Waals surface area contributed by atoms with Crippen molar-refractivity contribution in [3.8, 4) is 5.75 Å². The molecule has 5 nitrogen and oxygen atoms in total. The van der Waals surface area contributed by atoms with Crippen LogP contribution in [0.1, 0.15) is 44.0 Å². The summed E-state index contributed by atoms with van der Waals surface area (Å²) >= 11 is 3.44. The summed E-state index contributed by atoms with van der Waals surface area (Å²) in [7, 11) is 0. The van der Waals surface area contributed by atoms with Gasteiger partial charge in [-0.05, 0) is 70.7 Å². The molecule has 2 rings (SSSR count). The van der Waals surface area contributed by atoms with Crippen LogP contribution in [0.25, 0.3) is 0 Å². The first kappa shape index (κ1) is 21.0. The molecule has 0 saturated carbocycles. The van der Waals surface area contributed by atoms with E-state index in [2.05, 4.69) is 26.6 Å². The van der Waals surface area contributed by atoms with Crippen LogP contribution < -0.4 is 15.4 Å². The highest BCUT2D eigenvalue weighted by Crippen LogP contribution is 2.26. The third-order valence-corrected chi connectivity index (χ3v) is 4.30. The summed E-state index contributed by atoms with van der Waals surface area (Å²) in [5.41, 5.74) is 1.89. The molecule has 0 spiro atoms. The number of hydrogen-bond acceptors (Lipinski definition) is 3. The Balaban J connectivity index is 1.97. The van der Waals surface area contributed by atoms with Crippen molar-refractivity contribution in [2.24, 2.45) is 5.92 Å². The molecular formula is C21H25BrN2O3. The van der Waals surface area contributed by atoms with E-state index in [1.54, 1.807) is 42.5 Å². The molecule has 0 fully saturated rings.